The zero-order chi connectivity index (χ0) is 23.6. The molecule has 0 saturated carbocycles. The van der Waals surface area contributed by atoms with E-state index in [1.165, 1.54) is 0 Å². The van der Waals surface area contributed by atoms with E-state index in [1.54, 1.807) is 0 Å². The molecule has 2 aliphatic rings. The van der Waals surface area contributed by atoms with E-state index in [4.69, 9.17) is 27.9 Å². The van der Waals surface area contributed by atoms with Crippen molar-refractivity contribution in [2.45, 2.75) is 33.9 Å². The fourth-order valence-corrected chi connectivity index (χ4v) is 4.19. The van der Waals surface area contributed by atoms with Gasteiger partial charge in [-0.05, 0) is 35.4 Å². The van der Waals surface area contributed by atoms with Crippen molar-refractivity contribution in [2.24, 2.45) is 5.41 Å². The maximum absolute atomic E-state index is 13.2. The van der Waals surface area contributed by atoms with E-state index in [9.17, 15) is 4.79 Å². The van der Waals surface area contributed by atoms with Crippen LogP contribution in [0.2, 0.25) is 10.0 Å². The first-order valence-corrected chi connectivity index (χ1v) is 11.8. The summed E-state index contributed by atoms with van der Waals surface area (Å²) in [5, 5.41) is 1.09. The van der Waals surface area contributed by atoms with Crippen LogP contribution in [0, 0.1) is 5.41 Å². The second-order valence-electron chi connectivity index (χ2n) is 9.32. The van der Waals surface area contributed by atoms with E-state index in [2.05, 4.69) is 16.0 Å². The smallest absolute Gasteiger partial charge is 0.184 e. The zero-order valence-corrected chi connectivity index (χ0v) is 20.7. The van der Waals surface area contributed by atoms with Gasteiger partial charge in [-0.1, -0.05) is 80.4 Å². The lowest BCUT2D eigenvalue weighted by atomic mass is 9.87. The Kier molecular flexibility index (Phi) is 6.87. The average Bonchev–Trinajstić information content (AvgIpc) is 2.79. The number of carbonyl (C=O) groups is 1. The molecular formula is C27H28Cl2N2O2. The topological polar surface area (TPSA) is 32.8 Å². The number of carbonyl (C=O) groups excluding carboxylic acids is 1. The Hall–Kier alpha value is -2.69. The molecule has 6 heteroatoms. The van der Waals surface area contributed by atoms with Gasteiger partial charge in [0.2, 0.25) is 0 Å². The molecule has 2 aromatic carbocycles. The summed E-state index contributed by atoms with van der Waals surface area (Å²) in [6, 6.07) is 15.8. The zero-order valence-electron chi connectivity index (χ0n) is 19.1. The molecule has 2 heterocycles. The largest absolute Gasteiger partial charge is 0.487 e. The lowest BCUT2D eigenvalue weighted by Crippen LogP contribution is -2.43. The fourth-order valence-electron chi connectivity index (χ4n) is 3.87. The summed E-state index contributed by atoms with van der Waals surface area (Å²) in [7, 11) is 0. The third kappa shape index (κ3) is 5.45. The van der Waals surface area contributed by atoms with Gasteiger partial charge in [-0.15, -0.1) is 0 Å². The first kappa shape index (κ1) is 23.5. The number of hydrogen-bond acceptors (Lipinski definition) is 4. The summed E-state index contributed by atoms with van der Waals surface area (Å²) in [5.41, 5.74) is 3.30. The van der Waals surface area contributed by atoms with Crippen molar-refractivity contribution in [3.8, 4) is 0 Å². The predicted molar refractivity (Wildman–Crippen MR) is 134 cm³/mol. The van der Waals surface area contributed by atoms with Crippen LogP contribution in [0.15, 0.2) is 84.0 Å². The first-order valence-electron chi connectivity index (χ1n) is 11.0. The van der Waals surface area contributed by atoms with E-state index in [1.807, 2.05) is 81.5 Å². The Morgan fingerprint density at radius 3 is 2.42 bits per heavy atom. The molecule has 0 N–H and O–H groups in total. The van der Waals surface area contributed by atoms with Crippen LogP contribution in [-0.2, 0) is 22.7 Å². The Labute approximate surface area is 205 Å². The summed E-state index contributed by atoms with van der Waals surface area (Å²) in [6.07, 6.45) is 5.87. The molecule has 0 fully saturated rings. The van der Waals surface area contributed by atoms with Gasteiger partial charge < -0.3 is 14.5 Å². The number of hydrogen-bond donors (Lipinski definition) is 0. The van der Waals surface area contributed by atoms with Crippen LogP contribution in [0.4, 0.5) is 0 Å². The van der Waals surface area contributed by atoms with Gasteiger partial charge in [0.1, 0.15) is 18.1 Å². The molecule has 0 aliphatic carbocycles. The highest BCUT2D eigenvalue weighted by molar-refractivity contribution is 6.42. The maximum Gasteiger partial charge on any atom is 0.184 e. The normalized spacial score (nSPS) is 16.0. The van der Waals surface area contributed by atoms with E-state index in [0.717, 1.165) is 29.1 Å². The van der Waals surface area contributed by atoms with Crippen LogP contribution in [0.5, 0.6) is 0 Å². The molecule has 4 nitrogen and oxygen atoms in total. The van der Waals surface area contributed by atoms with Gasteiger partial charge in [0, 0.05) is 31.2 Å². The SMILES string of the molecule is CC(C)(C)C(=O)C1=CC=C(OCc2ccccc2)C2=CN(Cc3ccc(Cl)c(Cl)c3)CCN12. The molecule has 2 aliphatic heterocycles. The van der Waals surface area contributed by atoms with Gasteiger partial charge in [0.05, 0.1) is 15.7 Å². The van der Waals surface area contributed by atoms with Gasteiger partial charge in [0.15, 0.2) is 5.78 Å². The fraction of sp³-hybridized carbons (Fsp3) is 0.296. The van der Waals surface area contributed by atoms with Crippen LogP contribution >= 0.6 is 23.2 Å². The molecule has 0 bridgehead atoms. The molecule has 172 valence electrons. The Balaban J connectivity index is 1.62. The van der Waals surface area contributed by atoms with Crippen LogP contribution in [0.3, 0.4) is 0 Å². The van der Waals surface area contributed by atoms with Gasteiger partial charge in [-0.3, -0.25) is 4.79 Å². The average molecular weight is 483 g/mol. The van der Waals surface area contributed by atoms with Gasteiger partial charge in [-0.2, -0.15) is 0 Å². The number of benzene rings is 2. The summed E-state index contributed by atoms with van der Waals surface area (Å²) in [5.74, 6) is 0.868. The van der Waals surface area contributed by atoms with Crippen molar-refractivity contribution in [1.29, 1.82) is 0 Å². The minimum Gasteiger partial charge on any atom is -0.487 e. The van der Waals surface area contributed by atoms with E-state index in [-0.39, 0.29) is 5.78 Å². The van der Waals surface area contributed by atoms with Crippen LogP contribution in [0.1, 0.15) is 31.9 Å². The quantitative estimate of drug-likeness (QED) is 0.466. The van der Waals surface area contributed by atoms with E-state index < -0.39 is 5.41 Å². The van der Waals surface area contributed by atoms with Gasteiger partial charge in [-0.25, -0.2) is 0 Å². The highest BCUT2D eigenvalue weighted by Gasteiger charge is 2.34. The molecule has 2 aromatic rings. The van der Waals surface area contributed by atoms with Crippen LogP contribution < -0.4 is 0 Å². The van der Waals surface area contributed by atoms with Crippen molar-refractivity contribution < 1.29 is 9.53 Å². The van der Waals surface area contributed by atoms with E-state index in [0.29, 0.717) is 35.4 Å². The number of halogens is 2. The summed E-state index contributed by atoms with van der Waals surface area (Å²) in [6.45, 7) is 8.45. The highest BCUT2D eigenvalue weighted by atomic mass is 35.5. The lowest BCUT2D eigenvalue weighted by molar-refractivity contribution is -0.124. The van der Waals surface area contributed by atoms with Crippen LogP contribution in [0.25, 0.3) is 0 Å². The maximum atomic E-state index is 13.2. The standard InChI is InChI=1S/C27H28Cl2N2O2/c1-27(2,3)26(32)23-11-12-25(33-18-19-7-5-4-6-8-19)24-17-30(13-14-31(23)24)16-20-9-10-21(28)22(29)15-20/h4-12,15,17H,13-14,16,18H2,1-3H3. The molecule has 0 aromatic heterocycles. The first-order chi connectivity index (χ1) is 15.7. The highest BCUT2D eigenvalue weighted by Crippen LogP contribution is 2.34. The van der Waals surface area contributed by atoms with Gasteiger partial charge >= 0.3 is 0 Å². The number of ketones is 1. The third-order valence-electron chi connectivity index (χ3n) is 5.66. The Morgan fingerprint density at radius 1 is 0.970 bits per heavy atom. The number of allylic oxidation sites excluding steroid dienone is 3. The number of nitrogens with zero attached hydrogens (tertiary/aromatic N) is 2. The van der Waals surface area contributed by atoms with Gasteiger partial charge in [0.25, 0.3) is 0 Å². The van der Waals surface area contributed by atoms with Crippen molar-refractivity contribution in [3.05, 3.63) is 105 Å². The molecule has 0 saturated heterocycles. The molecule has 0 atom stereocenters. The van der Waals surface area contributed by atoms with Crippen LogP contribution in [-0.4, -0.2) is 28.7 Å². The monoisotopic (exact) mass is 482 g/mol. The predicted octanol–water partition coefficient (Wildman–Crippen LogP) is 6.57. The summed E-state index contributed by atoms with van der Waals surface area (Å²) in [4.78, 5) is 17.5. The number of fused-ring (bicyclic) bond motifs is 1. The summed E-state index contributed by atoms with van der Waals surface area (Å²) < 4.78 is 6.22. The molecule has 33 heavy (non-hydrogen) atoms. The molecule has 0 spiro atoms. The number of rotatable bonds is 6. The third-order valence-corrected chi connectivity index (χ3v) is 6.40. The second kappa shape index (κ2) is 9.66. The molecular weight excluding hydrogens is 455 g/mol. The minimum absolute atomic E-state index is 0.115. The Morgan fingerprint density at radius 2 is 1.73 bits per heavy atom. The van der Waals surface area contributed by atoms with Crippen molar-refractivity contribution in [1.82, 2.24) is 9.80 Å². The minimum atomic E-state index is -0.468. The molecule has 0 unspecified atom stereocenters. The van der Waals surface area contributed by atoms with E-state index >= 15 is 0 Å². The number of ether oxygens (including phenoxy) is 1. The molecule has 0 radical (unpaired) electrons. The molecule has 4 rings (SSSR count). The lowest BCUT2D eigenvalue weighted by Gasteiger charge is -2.40. The van der Waals surface area contributed by atoms with Crippen molar-refractivity contribution >= 4 is 29.0 Å². The summed E-state index contributed by atoms with van der Waals surface area (Å²) >= 11 is 12.3. The number of Topliss-reactive ketones (excluding diaryl/α,β-unsaturated/α-hetero) is 1. The van der Waals surface area contributed by atoms with Crippen molar-refractivity contribution in [3.63, 3.8) is 0 Å². The Bertz CT molecular complexity index is 1130. The molecule has 0 amide bonds. The second-order valence-corrected chi connectivity index (χ2v) is 10.1. The van der Waals surface area contributed by atoms with Crippen molar-refractivity contribution in [2.75, 3.05) is 13.1 Å².